The maximum absolute atomic E-state index is 11.5. The second kappa shape index (κ2) is 5.06. The second-order valence-corrected chi connectivity index (χ2v) is 7.25. The van der Waals surface area contributed by atoms with E-state index in [9.17, 15) is 18.3 Å². The zero-order valence-corrected chi connectivity index (χ0v) is 12.8. The van der Waals surface area contributed by atoms with E-state index in [-0.39, 0.29) is 10.6 Å². The average Bonchev–Trinajstić information content (AvgIpc) is 2.27. The van der Waals surface area contributed by atoms with Gasteiger partial charge in [-0.15, -0.1) is 0 Å². The molecule has 0 fully saturated rings. The van der Waals surface area contributed by atoms with Gasteiger partial charge in [0, 0.05) is 5.54 Å². The number of primary sulfonamides is 1. The van der Waals surface area contributed by atoms with Crippen LogP contribution in [0.15, 0.2) is 29.2 Å². The van der Waals surface area contributed by atoms with Crippen molar-refractivity contribution in [3.05, 3.63) is 24.3 Å². The predicted molar refractivity (Wildman–Crippen MR) is 76.9 cm³/mol. The quantitative estimate of drug-likeness (QED) is 0.765. The normalized spacial score (nSPS) is 13.1. The van der Waals surface area contributed by atoms with Crippen LogP contribution in [0.4, 0.5) is 5.69 Å². The standard InChI is InChI=1S/C13H20N2O4S/c1-12(2,11(16)17)13(3,4)15-9-7-5-6-8-10(9)20(14,18)19/h5-8,15H,1-4H3,(H,16,17)(H2,14,18,19). The minimum atomic E-state index is -3.88. The Hall–Kier alpha value is -1.60. The number of sulfonamides is 1. The van der Waals surface area contributed by atoms with Crippen molar-refractivity contribution in [1.82, 2.24) is 0 Å². The molecule has 0 aliphatic heterocycles. The van der Waals surface area contributed by atoms with Crippen molar-refractivity contribution in [2.24, 2.45) is 10.6 Å². The van der Waals surface area contributed by atoms with Gasteiger partial charge in [0.1, 0.15) is 4.90 Å². The molecule has 0 saturated carbocycles. The summed E-state index contributed by atoms with van der Waals surface area (Å²) >= 11 is 0. The summed E-state index contributed by atoms with van der Waals surface area (Å²) in [6, 6.07) is 6.14. The molecule has 1 aromatic rings. The molecular weight excluding hydrogens is 280 g/mol. The predicted octanol–water partition coefficient (Wildman–Crippen LogP) is 1.64. The van der Waals surface area contributed by atoms with Crippen LogP contribution in [-0.4, -0.2) is 25.0 Å². The lowest BCUT2D eigenvalue weighted by Gasteiger charge is -2.40. The molecule has 7 heteroatoms. The fourth-order valence-electron chi connectivity index (χ4n) is 1.58. The zero-order valence-electron chi connectivity index (χ0n) is 12.0. The van der Waals surface area contributed by atoms with Crippen LogP contribution >= 0.6 is 0 Å². The molecule has 0 unspecified atom stereocenters. The molecule has 6 nitrogen and oxygen atoms in total. The van der Waals surface area contributed by atoms with E-state index >= 15 is 0 Å². The number of nitrogens with two attached hydrogens (primary N) is 1. The lowest BCUT2D eigenvalue weighted by atomic mass is 9.74. The van der Waals surface area contributed by atoms with Gasteiger partial charge in [0.15, 0.2) is 0 Å². The summed E-state index contributed by atoms with van der Waals surface area (Å²) in [5, 5.41) is 17.4. The second-order valence-electron chi connectivity index (χ2n) is 5.72. The van der Waals surface area contributed by atoms with Crippen LogP contribution in [0.5, 0.6) is 0 Å². The fourth-order valence-corrected chi connectivity index (χ4v) is 2.27. The molecule has 0 spiro atoms. The summed E-state index contributed by atoms with van der Waals surface area (Å²) in [6.45, 7) is 6.53. The first-order valence-electron chi connectivity index (χ1n) is 6.03. The molecular formula is C13H20N2O4S. The van der Waals surface area contributed by atoms with E-state index < -0.39 is 26.9 Å². The molecule has 4 N–H and O–H groups in total. The molecule has 0 heterocycles. The van der Waals surface area contributed by atoms with Crippen LogP contribution in [0.1, 0.15) is 27.7 Å². The number of rotatable bonds is 5. The average molecular weight is 300 g/mol. The molecule has 0 amide bonds. The van der Waals surface area contributed by atoms with E-state index in [2.05, 4.69) is 5.32 Å². The smallest absolute Gasteiger partial charge is 0.311 e. The molecule has 0 aliphatic carbocycles. The maximum Gasteiger partial charge on any atom is 0.311 e. The monoisotopic (exact) mass is 300 g/mol. The van der Waals surface area contributed by atoms with E-state index in [1.807, 2.05) is 0 Å². The minimum Gasteiger partial charge on any atom is -0.481 e. The van der Waals surface area contributed by atoms with Crippen molar-refractivity contribution < 1.29 is 18.3 Å². The first kappa shape index (κ1) is 16.5. The number of nitrogens with one attached hydrogen (secondary N) is 1. The Balaban J connectivity index is 3.27. The first-order chi connectivity index (χ1) is 8.89. The van der Waals surface area contributed by atoms with Gasteiger partial charge in [-0.2, -0.15) is 0 Å². The van der Waals surface area contributed by atoms with E-state index in [0.29, 0.717) is 0 Å². The summed E-state index contributed by atoms with van der Waals surface area (Å²) in [7, 11) is -3.88. The van der Waals surface area contributed by atoms with Gasteiger partial charge in [-0.1, -0.05) is 12.1 Å². The Kier molecular flexibility index (Phi) is 4.17. The minimum absolute atomic E-state index is 0.0609. The summed E-state index contributed by atoms with van der Waals surface area (Å²) in [5.41, 5.74) is -1.72. The molecule has 1 aromatic carbocycles. The van der Waals surface area contributed by atoms with E-state index in [0.717, 1.165) is 0 Å². The van der Waals surface area contributed by atoms with Crippen molar-refractivity contribution in [2.45, 2.75) is 38.1 Å². The molecule has 0 bridgehead atoms. The van der Waals surface area contributed by atoms with Gasteiger partial charge in [-0.05, 0) is 39.8 Å². The zero-order chi connectivity index (χ0) is 15.8. The number of carbonyl (C=O) groups is 1. The molecule has 20 heavy (non-hydrogen) atoms. The highest BCUT2D eigenvalue weighted by Gasteiger charge is 2.43. The highest BCUT2D eigenvalue weighted by atomic mass is 32.2. The van der Waals surface area contributed by atoms with Gasteiger partial charge >= 0.3 is 5.97 Å². The Morgan fingerprint density at radius 3 is 2.15 bits per heavy atom. The molecule has 1 rings (SSSR count). The third-order valence-corrected chi connectivity index (χ3v) is 4.71. The molecule has 0 atom stereocenters. The summed E-state index contributed by atoms with van der Waals surface area (Å²) in [4.78, 5) is 11.3. The molecule has 0 saturated heterocycles. The lowest BCUT2D eigenvalue weighted by molar-refractivity contribution is -0.149. The molecule has 0 aliphatic rings. The van der Waals surface area contributed by atoms with Gasteiger partial charge in [-0.25, -0.2) is 13.6 Å². The van der Waals surface area contributed by atoms with Gasteiger partial charge in [0.25, 0.3) is 0 Å². The third kappa shape index (κ3) is 3.10. The highest BCUT2D eigenvalue weighted by molar-refractivity contribution is 7.89. The number of anilines is 1. The maximum atomic E-state index is 11.5. The molecule has 0 radical (unpaired) electrons. The van der Waals surface area contributed by atoms with E-state index in [1.165, 1.54) is 6.07 Å². The SMILES string of the molecule is CC(C)(Nc1ccccc1S(N)(=O)=O)C(C)(C)C(=O)O. The Labute approximate surface area is 119 Å². The molecule has 0 aromatic heterocycles. The van der Waals surface area contributed by atoms with Gasteiger partial charge in [-0.3, -0.25) is 4.79 Å². The number of carboxylic acid groups (broad SMARTS) is 1. The Morgan fingerprint density at radius 2 is 1.70 bits per heavy atom. The Bertz CT molecular complexity index is 621. The fraction of sp³-hybridized carbons (Fsp3) is 0.462. The van der Waals surface area contributed by atoms with E-state index in [1.54, 1.807) is 45.9 Å². The topological polar surface area (TPSA) is 109 Å². The van der Waals surface area contributed by atoms with Crippen LogP contribution in [0, 0.1) is 5.41 Å². The number of carboxylic acids is 1. The van der Waals surface area contributed by atoms with Crippen molar-refractivity contribution in [3.63, 3.8) is 0 Å². The van der Waals surface area contributed by atoms with Crippen LogP contribution in [0.2, 0.25) is 0 Å². The molecule has 112 valence electrons. The van der Waals surface area contributed by atoms with E-state index in [4.69, 9.17) is 5.14 Å². The number of para-hydroxylation sites is 1. The third-order valence-electron chi connectivity index (χ3n) is 3.74. The van der Waals surface area contributed by atoms with Gasteiger partial charge in [0.05, 0.1) is 11.1 Å². The highest BCUT2D eigenvalue weighted by Crippen LogP contribution is 2.35. The number of hydrogen-bond donors (Lipinski definition) is 3. The van der Waals surface area contributed by atoms with Crippen LogP contribution in [-0.2, 0) is 14.8 Å². The Morgan fingerprint density at radius 1 is 1.20 bits per heavy atom. The van der Waals surface area contributed by atoms with Crippen molar-refractivity contribution in [3.8, 4) is 0 Å². The van der Waals surface area contributed by atoms with Gasteiger partial charge < -0.3 is 10.4 Å². The van der Waals surface area contributed by atoms with Crippen LogP contribution in [0.25, 0.3) is 0 Å². The summed E-state index contributed by atoms with van der Waals surface area (Å²) < 4.78 is 23.1. The number of benzene rings is 1. The largest absolute Gasteiger partial charge is 0.481 e. The summed E-state index contributed by atoms with van der Waals surface area (Å²) in [6.07, 6.45) is 0. The first-order valence-corrected chi connectivity index (χ1v) is 7.57. The summed E-state index contributed by atoms with van der Waals surface area (Å²) in [5.74, 6) is -0.983. The van der Waals surface area contributed by atoms with Crippen molar-refractivity contribution in [2.75, 3.05) is 5.32 Å². The lowest BCUT2D eigenvalue weighted by Crippen LogP contribution is -2.50. The van der Waals surface area contributed by atoms with Crippen LogP contribution in [0.3, 0.4) is 0 Å². The van der Waals surface area contributed by atoms with Crippen molar-refractivity contribution >= 4 is 21.7 Å². The number of aliphatic carboxylic acids is 1. The van der Waals surface area contributed by atoms with Crippen LogP contribution < -0.4 is 10.5 Å². The number of hydrogen-bond acceptors (Lipinski definition) is 4. The van der Waals surface area contributed by atoms with Gasteiger partial charge in [0.2, 0.25) is 10.0 Å². The van der Waals surface area contributed by atoms with Crippen molar-refractivity contribution in [1.29, 1.82) is 0 Å².